The first-order chi connectivity index (χ1) is 10.1. The molecule has 3 aromatic rings. The highest BCUT2D eigenvalue weighted by molar-refractivity contribution is 7.12. The summed E-state index contributed by atoms with van der Waals surface area (Å²) >= 11 is 1.68. The maximum Gasteiger partial charge on any atom is 0.123 e. The first kappa shape index (κ1) is 13.8. The van der Waals surface area contributed by atoms with Gasteiger partial charge in [-0.1, -0.05) is 12.1 Å². The van der Waals surface area contributed by atoms with E-state index in [0.29, 0.717) is 0 Å². The van der Waals surface area contributed by atoms with Gasteiger partial charge in [0.15, 0.2) is 0 Å². The Morgan fingerprint density at radius 3 is 2.38 bits per heavy atom. The van der Waals surface area contributed by atoms with E-state index in [4.69, 9.17) is 10.7 Å². The van der Waals surface area contributed by atoms with Gasteiger partial charge in [0.05, 0.1) is 10.7 Å². The Balaban J connectivity index is 1.87. The standard InChI is InChI=1S/C17H15FN2S/c1-11-17(13-4-6-14(18)7-5-13)20-16(21-11)10-12-2-8-15(19)9-3-12/h2-9H,10,19H2,1H3. The van der Waals surface area contributed by atoms with E-state index < -0.39 is 0 Å². The van der Waals surface area contributed by atoms with Crippen molar-refractivity contribution in [2.75, 3.05) is 5.73 Å². The number of hydrogen-bond acceptors (Lipinski definition) is 3. The average Bonchev–Trinajstić information content (AvgIpc) is 2.83. The molecule has 4 heteroatoms. The summed E-state index contributed by atoms with van der Waals surface area (Å²) in [6, 6.07) is 14.3. The number of aryl methyl sites for hydroxylation is 1. The number of anilines is 1. The Morgan fingerprint density at radius 2 is 1.71 bits per heavy atom. The van der Waals surface area contributed by atoms with Crippen LogP contribution in [0.25, 0.3) is 11.3 Å². The molecule has 0 aliphatic heterocycles. The molecular formula is C17H15FN2S. The van der Waals surface area contributed by atoms with Crippen LogP contribution in [0.1, 0.15) is 15.4 Å². The molecule has 0 radical (unpaired) electrons. The summed E-state index contributed by atoms with van der Waals surface area (Å²) < 4.78 is 13.0. The van der Waals surface area contributed by atoms with Crippen LogP contribution in [0.5, 0.6) is 0 Å². The lowest BCUT2D eigenvalue weighted by Gasteiger charge is -1.99. The highest BCUT2D eigenvalue weighted by Crippen LogP contribution is 2.28. The molecule has 3 rings (SSSR count). The van der Waals surface area contributed by atoms with E-state index in [1.165, 1.54) is 17.7 Å². The second kappa shape index (κ2) is 5.66. The third-order valence-corrected chi connectivity index (χ3v) is 4.26. The van der Waals surface area contributed by atoms with Gasteiger partial charge in [-0.3, -0.25) is 0 Å². The van der Waals surface area contributed by atoms with Crippen molar-refractivity contribution in [2.45, 2.75) is 13.3 Å². The van der Waals surface area contributed by atoms with Crippen LogP contribution >= 0.6 is 11.3 Å². The highest BCUT2D eigenvalue weighted by Gasteiger charge is 2.10. The number of thiazole rings is 1. The summed E-state index contributed by atoms with van der Waals surface area (Å²) in [5, 5.41) is 1.05. The average molecular weight is 298 g/mol. The molecule has 2 aromatic carbocycles. The van der Waals surface area contributed by atoms with Gasteiger partial charge in [0, 0.05) is 22.5 Å². The molecule has 0 unspecified atom stereocenters. The van der Waals surface area contributed by atoms with Crippen molar-refractivity contribution in [3.8, 4) is 11.3 Å². The van der Waals surface area contributed by atoms with Gasteiger partial charge in [-0.25, -0.2) is 9.37 Å². The number of nitrogen functional groups attached to an aromatic ring is 1. The molecule has 21 heavy (non-hydrogen) atoms. The lowest BCUT2D eigenvalue weighted by Crippen LogP contribution is -1.89. The Labute approximate surface area is 127 Å². The van der Waals surface area contributed by atoms with Crippen LogP contribution in [0.4, 0.5) is 10.1 Å². The van der Waals surface area contributed by atoms with Crippen molar-refractivity contribution in [3.05, 3.63) is 69.8 Å². The van der Waals surface area contributed by atoms with Crippen molar-refractivity contribution >= 4 is 17.0 Å². The predicted molar refractivity (Wildman–Crippen MR) is 85.9 cm³/mol. The molecule has 0 amide bonds. The van der Waals surface area contributed by atoms with Gasteiger partial charge in [0.2, 0.25) is 0 Å². The van der Waals surface area contributed by atoms with Gasteiger partial charge >= 0.3 is 0 Å². The van der Waals surface area contributed by atoms with E-state index in [9.17, 15) is 4.39 Å². The highest BCUT2D eigenvalue weighted by atomic mass is 32.1. The van der Waals surface area contributed by atoms with Crippen molar-refractivity contribution in [1.29, 1.82) is 0 Å². The van der Waals surface area contributed by atoms with Gasteiger partial charge in [0.1, 0.15) is 5.82 Å². The molecule has 2 nitrogen and oxygen atoms in total. The molecule has 0 aliphatic rings. The van der Waals surface area contributed by atoms with Crippen LogP contribution < -0.4 is 5.73 Å². The maximum atomic E-state index is 13.0. The lowest BCUT2D eigenvalue weighted by atomic mass is 10.1. The minimum atomic E-state index is -0.228. The van der Waals surface area contributed by atoms with E-state index in [1.54, 1.807) is 23.5 Å². The van der Waals surface area contributed by atoms with Crippen LogP contribution in [0.15, 0.2) is 48.5 Å². The lowest BCUT2D eigenvalue weighted by molar-refractivity contribution is 0.628. The number of halogens is 1. The van der Waals surface area contributed by atoms with E-state index in [2.05, 4.69) is 0 Å². The smallest absolute Gasteiger partial charge is 0.123 e. The second-order valence-electron chi connectivity index (χ2n) is 4.94. The van der Waals surface area contributed by atoms with Gasteiger partial charge < -0.3 is 5.73 Å². The molecule has 1 heterocycles. The molecule has 0 aliphatic carbocycles. The minimum absolute atomic E-state index is 0.228. The number of hydrogen-bond donors (Lipinski definition) is 1. The van der Waals surface area contributed by atoms with E-state index in [-0.39, 0.29) is 5.82 Å². The van der Waals surface area contributed by atoms with Crippen molar-refractivity contribution in [2.24, 2.45) is 0 Å². The normalized spacial score (nSPS) is 10.8. The topological polar surface area (TPSA) is 38.9 Å². The zero-order valence-corrected chi connectivity index (χ0v) is 12.5. The van der Waals surface area contributed by atoms with Crippen molar-refractivity contribution in [3.63, 3.8) is 0 Å². The molecule has 0 spiro atoms. The van der Waals surface area contributed by atoms with Crippen molar-refractivity contribution < 1.29 is 4.39 Å². The second-order valence-corrected chi connectivity index (χ2v) is 6.23. The van der Waals surface area contributed by atoms with Gasteiger partial charge in [-0.2, -0.15) is 0 Å². The fourth-order valence-electron chi connectivity index (χ4n) is 2.21. The molecule has 106 valence electrons. The van der Waals surface area contributed by atoms with E-state index in [1.807, 2.05) is 31.2 Å². The van der Waals surface area contributed by atoms with Crippen molar-refractivity contribution in [1.82, 2.24) is 4.98 Å². The van der Waals surface area contributed by atoms with Crippen LogP contribution in [0.3, 0.4) is 0 Å². The van der Waals surface area contributed by atoms with Crippen LogP contribution in [-0.4, -0.2) is 4.98 Å². The fraction of sp³-hybridized carbons (Fsp3) is 0.118. The monoisotopic (exact) mass is 298 g/mol. The van der Waals surface area contributed by atoms with Crippen LogP contribution in [0, 0.1) is 12.7 Å². The fourth-order valence-corrected chi connectivity index (χ4v) is 3.20. The number of rotatable bonds is 3. The summed E-state index contributed by atoms with van der Waals surface area (Å²) in [6.45, 7) is 2.04. The third-order valence-electron chi connectivity index (χ3n) is 3.29. The Kier molecular flexibility index (Phi) is 3.71. The Bertz CT molecular complexity index is 745. The first-order valence-corrected chi connectivity index (χ1v) is 7.50. The molecule has 2 N–H and O–H groups in total. The molecule has 0 fully saturated rings. The predicted octanol–water partition coefficient (Wildman–Crippen LogP) is 4.43. The minimum Gasteiger partial charge on any atom is -0.399 e. The first-order valence-electron chi connectivity index (χ1n) is 6.68. The Morgan fingerprint density at radius 1 is 1.05 bits per heavy atom. The zero-order chi connectivity index (χ0) is 14.8. The molecule has 0 bridgehead atoms. The summed E-state index contributed by atoms with van der Waals surface area (Å²) in [4.78, 5) is 5.84. The third kappa shape index (κ3) is 3.11. The van der Waals surface area contributed by atoms with Crippen LogP contribution in [-0.2, 0) is 6.42 Å². The Hall–Kier alpha value is -2.20. The SMILES string of the molecule is Cc1sc(Cc2ccc(N)cc2)nc1-c1ccc(F)cc1. The van der Waals surface area contributed by atoms with Crippen LogP contribution in [0.2, 0.25) is 0 Å². The molecule has 0 atom stereocenters. The largest absolute Gasteiger partial charge is 0.399 e. The quantitative estimate of drug-likeness (QED) is 0.726. The number of nitrogens with zero attached hydrogens (tertiary/aromatic N) is 1. The summed E-state index contributed by atoms with van der Waals surface area (Å²) in [7, 11) is 0. The summed E-state index contributed by atoms with van der Waals surface area (Å²) in [5.41, 5.74) is 9.53. The number of benzene rings is 2. The van der Waals surface area contributed by atoms with Gasteiger partial charge in [-0.15, -0.1) is 11.3 Å². The van der Waals surface area contributed by atoms with E-state index >= 15 is 0 Å². The molecule has 0 saturated heterocycles. The number of aromatic nitrogens is 1. The molecule has 0 saturated carbocycles. The molecular weight excluding hydrogens is 283 g/mol. The maximum absolute atomic E-state index is 13.0. The molecule has 1 aromatic heterocycles. The number of nitrogens with two attached hydrogens (primary N) is 1. The van der Waals surface area contributed by atoms with E-state index in [0.717, 1.165) is 33.3 Å². The van der Waals surface area contributed by atoms with Gasteiger partial charge in [-0.05, 0) is 48.9 Å². The van der Waals surface area contributed by atoms with Gasteiger partial charge in [0.25, 0.3) is 0 Å². The summed E-state index contributed by atoms with van der Waals surface area (Å²) in [6.07, 6.45) is 0.785. The zero-order valence-electron chi connectivity index (χ0n) is 11.6. The summed E-state index contributed by atoms with van der Waals surface area (Å²) in [5.74, 6) is -0.228.